The molecule has 0 amide bonds. The van der Waals surface area contributed by atoms with E-state index in [2.05, 4.69) is 0 Å². The second kappa shape index (κ2) is 6.95. The van der Waals surface area contributed by atoms with Gasteiger partial charge in [0, 0.05) is 18.6 Å². The molecule has 0 rings (SSSR count). The fourth-order valence-corrected chi connectivity index (χ4v) is 1.87. The minimum absolute atomic E-state index is 0.00388. The quantitative estimate of drug-likeness (QED) is 0.604. The van der Waals surface area contributed by atoms with Crippen LogP contribution in [0.4, 0.5) is 35.1 Å². The fraction of sp³-hybridized carbons (Fsp3) is 0.900. The monoisotopic (exact) mass is 332 g/mol. The number of hydrogen-bond acceptors (Lipinski definition) is 2. The lowest BCUT2D eigenvalue weighted by Crippen LogP contribution is -2.47. The fourth-order valence-electron chi connectivity index (χ4n) is 1.08. The molecule has 0 atom stereocenters. The molecular weight excluding hydrogens is 320 g/mol. The van der Waals surface area contributed by atoms with Crippen molar-refractivity contribution in [1.82, 2.24) is 0 Å². The van der Waals surface area contributed by atoms with Crippen LogP contribution in [0.25, 0.3) is 0 Å². The zero-order valence-corrected chi connectivity index (χ0v) is 11.1. The van der Waals surface area contributed by atoms with Crippen molar-refractivity contribution in [2.75, 3.05) is 5.75 Å². The molecule has 0 fully saturated rings. The van der Waals surface area contributed by atoms with Gasteiger partial charge in [0.15, 0.2) is 5.12 Å². The van der Waals surface area contributed by atoms with Crippen molar-refractivity contribution < 1.29 is 39.9 Å². The Hall–Kier alpha value is -0.540. The van der Waals surface area contributed by atoms with Gasteiger partial charge < -0.3 is 0 Å². The minimum Gasteiger partial charge on any atom is -0.287 e. The Labute approximate surface area is 114 Å². The third-order valence-electron chi connectivity index (χ3n) is 2.28. The van der Waals surface area contributed by atoms with E-state index >= 15 is 0 Å². The van der Waals surface area contributed by atoms with Gasteiger partial charge in [-0.3, -0.25) is 4.79 Å². The van der Waals surface area contributed by atoms with Gasteiger partial charge in [-0.1, -0.05) is 18.7 Å². The summed E-state index contributed by atoms with van der Waals surface area (Å²) in [6, 6.07) is 0. The van der Waals surface area contributed by atoms with Crippen LogP contribution in [0.15, 0.2) is 0 Å². The van der Waals surface area contributed by atoms with Crippen LogP contribution in [0.2, 0.25) is 0 Å². The molecule has 0 N–H and O–H groups in total. The molecule has 0 heterocycles. The first-order valence-electron chi connectivity index (χ1n) is 5.43. The lowest BCUT2D eigenvalue weighted by atomic mass is 10.0. The van der Waals surface area contributed by atoms with E-state index in [0.29, 0.717) is 11.8 Å². The third-order valence-corrected chi connectivity index (χ3v) is 3.30. The molecule has 0 aromatic rings. The smallest absolute Gasteiger partial charge is 0.287 e. The van der Waals surface area contributed by atoms with Crippen LogP contribution in [0.3, 0.4) is 0 Å². The van der Waals surface area contributed by atoms with Crippen LogP contribution in [0.5, 0.6) is 0 Å². The molecule has 0 radical (unpaired) electrons. The summed E-state index contributed by atoms with van der Waals surface area (Å²) < 4.78 is 101. The normalized spacial score (nSPS) is 13.9. The van der Waals surface area contributed by atoms with Crippen LogP contribution in [0.1, 0.15) is 26.2 Å². The van der Waals surface area contributed by atoms with E-state index in [1.54, 1.807) is 0 Å². The number of alkyl halides is 8. The highest BCUT2D eigenvalue weighted by Crippen LogP contribution is 2.45. The largest absolute Gasteiger partial charge is 0.316 e. The number of carbonyl (C=O) groups excluding carboxylic acids is 1. The summed E-state index contributed by atoms with van der Waals surface area (Å²) in [5, 5.41) is -0.526. The van der Waals surface area contributed by atoms with Crippen molar-refractivity contribution in [3.05, 3.63) is 0 Å². The molecule has 0 aliphatic heterocycles. The summed E-state index contributed by atoms with van der Waals surface area (Å²) in [6.07, 6.45) is -8.97. The van der Waals surface area contributed by atoms with Gasteiger partial charge in [0.2, 0.25) is 0 Å². The summed E-state index contributed by atoms with van der Waals surface area (Å²) >= 11 is 0.356. The second-order valence-electron chi connectivity index (χ2n) is 3.97. The Morgan fingerprint density at radius 1 is 1.05 bits per heavy atom. The topological polar surface area (TPSA) is 17.1 Å². The van der Waals surface area contributed by atoms with E-state index < -0.39 is 47.9 Å². The van der Waals surface area contributed by atoms with Gasteiger partial charge in [0.1, 0.15) is 0 Å². The van der Waals surface area contributed by atoms with Gasteiger partial charge in [0.25, 0.3) is 0 Å². The predicted octanol–water partition coefficient (Wildman–Crippen LogP) is 4.61. The van der Waals surface area contributed by atoms with Gasteiger partial charge in [-0.2, -0.15) is 17.6 Å². The SMILES string of the molecule is CCC(=O)SCCC(F)(F)C(F)(F)CC(F)(F)C(F)F. The average molecular weight is 332 g/mol. The van der Waals surface area contributed by atoms with E-state index in [-0.39, 0.29) is 6.42 Å². The van der Waals surface area contributed by atoms with E-state index in [9.17, 15) is 39.9 Å². The highest BCUT2D eigenvalue weighted by Gasteiger charge is 2.62. The summed E-state index contributed by atoms with van der Waals surface area (Å²) in [5.74, 6) is -16.1. The van der Waals surface area contributed by atoms with Crippen molar-refractivity contribution in [2.24, 2.45) is 0 Å². The summed E-state index contributed by atoms with van der Waals surface area (Å²) in [5.41, 5.74) is 0. The Morgan fingerprint density at radius 3 is 1.95 bits per heavy atom. The summed E-state index contributed by atoms with van der Waals surface area (Å²) in [6.45, 7) is 1.42. The molecule has 0 aromatic carbocycles. The van der Waals surface area contributed by atoms with Gasteiger partial charge >= 0.3 is 24.2 Å². The maximum Gasteiger partial charge on any atom is 0.316 e. The first-order chi connectivity index (χ1) is 8.85. The molecule has 0 saturated carbocycles. The molecule has 0 bridgehead atoms. The van der Waals surface area contributed by atoms with Crippen molar-refractivity contribution in [3.63, 3.8) is 0 Å². The second-order valence-corrected chi connectivity index (χ2v) is 5.12. The van der Waals surface area contributed by atoms with Crippen molar-refractivity contribution >= 4 is 16.9 Å². The summed E-state index contributed by atoms with van der Waals surface area (Å²) in [4.78, 5) is 10.8. The molecule has 0 aliphatic carbocycles. The van der Waals surface area contributed by atoms with Crippen molar-refractivity contribution in [3.8, 4) is 0 Å². The molecule has 20 heavy (non-hydrogen) atoms. The van der Waals surface area contributed by atoms with E-state index in [4.69, 9.17) is 0 Å². The predicted molar refractivity (Wildman–Crippen MR) is 57.8 cm³/mol. The molecule has 10 heteroatoms. The number of rotatable bonds is 8. The first-order valence-corrected chi connectivity index (χ1v) is 6.41. The van der Waals surface area contributed by atoms with Crippen LogP contribution in [-0.2, 0) is 4.79 Å². The van der Waals surface area contributed by atoms with Crippen LogP contribution in [-0.4, -0.2) is 35.1 Å². The highest BCUT2D eigenvalue weighted by atomic mass is 32.2. The first kappa shape index (κ1) is 19.5. The minimum atomic E-state index is -5.29. The van der Waals surface area contributed by atoms with Gasteiger partial charge in [-0.15, -0.1) is 0 Å². The van der Waals surface area contributed by atoms with Crippen molar-refractivity contribution in [2.45, 2.75) is 50.4 Å². The number of hydrogen-bond donors (Lipinski definition) is 0. The summed E-state index contributed by atoms with van der Waals surface area (Å²) in [7, 11) is 0. The highest BCUT2D eigenvalue weighted by molar-refractivity contribution is 8.13. The lowest BCUT2D eigenvalue weighted by Gasteiger charge is -2.29. The number of thioether (sulfide) groups is 1. The Kier molecular flexibility index (Phi) is 6.76. The van der Waals surface area contributed by atoms with Gasteiger partial charge in [-0.25, -0.2) is 17.6 Å². The molecule has 0 unspecified atom stereocenters. The van der Waals surface area contributed by atoms with E-state index in [0.717, 1.165) is 0 Å². The molecule has 0 spiro atoms. The Morgan fingerprint density at radius 2 is 1.55 bits per heavy atom. The maximum absolute atomic E-state index is 13.1. The van der Waals surface area contributed by atoms with E-state index in [1.165, 1.54) is 6.92 Å². The molecular formula is C10H12F8OS. The number of halogens is 8. The standard InChI is InChI=1S/C10H12F8OS/c1-2-6(19)20-4-3-9(15,16)10(17,18)5-8(13,14)7(11)12/h7H,2-5H2,1H3. The van der Waals surface area contributed by atoms with Crippen molar-refractivity contribution in [1.29, 1.82) is 0 Å². The zero-order chi connectivity index (χ0) is 16.2. The Balaban J connectivity index is 4.68. The van der Waals surface area contributed by atoms with Crippen LogP contribution in [0, 0.1) is 0 Å². The Bertz CT molecular complexity index is 331. The lowest BCUT2D eigenvalue weighted by molar-refractivity contribution is -0.256. The molecule has 0 saturated heterocycles. The van der Waals surface area contributed by atoms with Crippen LogP contribution >= 0.6 is 11.8 Å². The van der Waals surface area contributed by atoms with Crippen LogP contribution < -0.4 is 0 Å². The molecule has 0 aromatic heterocycles. The average Bonchev–Trinajstić information content (AvgIpc) is 2.26. The van der Waals surface area contributed by atoms with Gasteiger partial charge in [-0.05, 0) is 0 Å². The van der Waals surface area contributed by atoms with Gasteiger partial charge in [0.05, 0.1) is 6.42 Å². The molecule has 0 aliphatic rings. The third kappa shape index (κ3) is 5.45. The zero-order valence-electron chi connectivity index (χ0n) is 10.2. The van der Waals surface area contributed by atoms with E-state index in [1.807, 2.05) is 0 Å². The maximum atomic E-state index is 13.1. The number of carbonyl (C=O) groups is 1. The molecule has 120 valence electrons. The molecule has 1 nitrogen and oxygen atoms in total.